The summed E-state index contributed by atoms with van der Waals surface area (Å²) in [6.45, 7) is 5.73. The number of amides is 1. The Labute approximate surface area is 151 Å². The Balaban J connectivity index is 1.82. The van der Waals surface area contributed by atoms with Gasteiger partial charge in [-0.2, -0.15) is 0 Å². The van der Waals surface area contributed by atoms with Gasteiger partial charge in [-0.05, 0) is 74.4 Å². The molecular weight excluding hydrogens is 331 g/mol. The van der Waals surface area contributed by atoms with Gasteiger partial charge in [0.2, 0.25) is 5.95 Å². The van der Waals surface area contributed by atoms with Gasteiger partial charge in [0.25, 0.3) is 5.91 Å². The lowest BCUT2D eigenvalue weighted by molar-refractivity contribution is 0.102. The molecule has 0 radical (unpaired) electrons. The van der Waals surface area contributed by atoms with E-state index in [-0.39, 0.29) is 23.4 Å². The molecule has 0 atom stereocenters. The predicted octanol–water partition coefficient (Wildman–Crippen LogP) is 4.54. The highest BCUT2D eigenvalue weighted by Crippen LogP contribution is 2.17. The Hall–Kier alpha value is -3.28. The third kappa shape index (κ3) is 4.42. The summed E-state index contributed by atoms with van der Waals surface area (Å²) in [4.78, 5) is 21.1. The molecule has 1 heterocycles. The normalized spacial score (nSPS) is 10.5. The van der Waals surface area contributed by atoms with Crippen molar-refractivity contribution in [2.24, 2.45) is 0 Å². The lowest BCUT2D eigenvalue weighted by Crippen LogP contribution is -2.15. The second-order valence-electron chi connectivity index (χ2n) is 6.18. The zero-order valence-electron chi connectivity index (χ0n) is 14.8. The van der Waals surface area contributed by atoms with Crippen LogP contribution < -0.4 is 10.6 Å². The van der Waals surface area contributed by atoms with Crippen LogP contribution in [0.15, 0.2) is 48.5 Å². The van der Waals surface area contributed by atoms with E-state index in [0.29, 0.717) is 11.4 Å². The zero-order valence-corrected chi connectivity index (χ0v) is 14.8. The molecular formula is C20H19FN4O. The number of benzene rings is 2. The maximum Gasteiger partial charge on any atom is 0.274 e. The van der Waals surface area contributed by atoms with Crippen molar-refractivity contribution in [1.29, 1.82) is 0 Å². The molecule has 3 rings (SSSR count). The van der Waals surface area contributed by atoms with Crippen molar-refractivity contribution in [3.8, 4) is 0 Å². The minimum absolute atomic E-state index is 0.251. The van der Waals surface area contributed by atoms with Crippen LogP contribution in [0.25, 0.3) is 0 Å². The molecule has 0 spiro atoms. The number of rotatable bonds is 4. The molecule has 2 N–H and O–H groups in total. The molecule has 1 amide bonds. The molecule has 0 unspecified atom stereocenters. The van der Waals surface area contributed by atoms with Crippen molar-refractivity contribution in [3.63, 3.8) is 0 Å². The zero-order chi connectivity index (χ0) is 18.7. The fourth-order valence-electron chi connectivity index (χ4n) is 2.65. The number of anilines is 3. The number of carbonyl (C=O) groups is 1. The van der Waals surface area contributed by atoms with Gasteiger partial charge in [-0.1, -0.05) is 6.07 Å². The first-order chi connectivity index (χ1) is 12.4. The van der Waals surface area contributed by atoms with Crippen LogP contribution in [0.4, 0.5) is 21.7 Å². The van der Waals surface area contributed by atoms with Crippen molar-refractivity contribution in [3.05, 3.63) is 76.9 Å². The van der Waals surface area contributed by atoms with Crippen LogP contribution in [0.2, 0.25) is 0 Å². The highest BCUT2D eigenvalue weighted by molar-refractivity contribution is 6.03. The van der Waals surface area contributed by atoms with Gasteiger partial charge >= 0.3 is 0 Å². The van der Waals surface area contributed by atoms with E-state index >= 15 is 0 Å². The van der Waals surface area contributed by atoms with E-state index in [1.807, 2.05) is 32.0 Å². The summed E-state index contributed by atoms with van der Waals surface area (Å²) in [6.07, 6.45) is 0. The molecule has 0 fully saturated rings. The largest absolute Gasteiger partial charge is 0.324 e. The van der Waals surface area contributed by atoms with Crippen LogP contribution in [0.5, 0.6) is 0 Å². The molecule has 6 heteroatoms. The smallest absolute Gasteiger partial charge is 0.274 e. The summed E-state index contributed by atoms with van der Waals surface area (Å²) < 4.78 is 13.0. The number of carbonyl (C=O) groups excluding carboxylic acids is 1. The third-order valence-electron chi connectivity index (χ3n) is 3.67. The average molecular weight is 350 g/mol. The molecule has 0 saturated carbocycles. The lowest BCUT2D eigenvalue weighted by atomic mass is 10.1. The first kappa shape index (κ1) is 17.5. The predicted molar refractivity (Wildman–Crippen MR) is 100 cm³/mol. The highest BCUT2D eigenvalue weighted by atomic mass is 19.1. The van der Waals surface area contributed by atoms with E-state index in [1.165, 1.54) is 12.1 Å². The summed E-state index contributed by atoms with van der Waals surface area (Å²) in [5.41, 5.74) is 4.39. The molecule has 0 aliphatic rings. The summed E-state index contributed by atoms with van der Waals surface area (Å²) in [6, 6.07) is 13.3. The summed E-state index contributed by atoms with van der Waals surface area (Å²) in [5.74, 6) is -0.362. The Morgan fingerprint density at radius 3 is 2.19 bits per heavy atom. The monoisotopic (exact) mass is 350 g/mol. The molecule has 26 heavy (non-hydrogen) atoms. The van der Waals surface area contributed by atoms with Crippen LogP contribution in [0, 0.1) is 26.6 Å². The van der Waals surface area contributed by atoms with Gasteiger partial charge in [-0.25, -0.2) is 14.4 Å². The van der Waals surface area contributed by atoms with E-state index in [4.69, 9.17) is 0 Å². The first-order valence-corrected chi connectivity index (χ1v) is 8.17. The van der Waals surface area contributed by atoms with E-state index in [0.717, 1.165) is 16.8 Å². The maximum atomic E-state index is 13.0. The highest BCUT2D eigenvalue weighted by Gasteiger charge is 2.12. The van der Waals surface area contributed by atoms with Gasteiger partial charge in [0.15, 0.2) is 0 Å². The Kier molecular flexibility index (Phi) is 4.93. The number of nitrogens with zero attached hydrogens (tertiary/aromatic N) is 2. The Morgan fingerprint density at radius 1 is 0.885 bits per heavy atom. The number of nitrogens with one attached hydrogen (secondary N) is 2. The molecule has 2 aromatic carbocycles. The van der Waals surface area contributed by atoms with Crippen LogP contribution >= 0.6 is 0 Å². The average Bonchev–Trinajstić information content (AvgIpc) is 2.55. The number of hydrogen-bond acceptors (Lipinski definition) is 4. The summed E-state index contributed by atoms with van der Waals surface area (Å²) in [7, 11) is 0. The van der Waals surface area contributed by atoms with Gasteiger partial charge < -0.3 is 10.6 Å². The third-order valence-corrected chi connectivity index (χ3v) is 3.67. The first-order valence-electron chi connectivity index (χ1n) is 8.17. The molecule has 0 aliphatic heterocycles. The number of aromatic nitrogens is 2. The van der Waals surface area contributed by atoms with Crippen molar-refractivity contribution in [2.75, 3.05) is 10.6 Å². The Bertz CT molecular complexity index is 934. The van der Waals surface area contributed by atoms with Gasteiger partial charge in [0, 0.05) is 17.1 Å². The fourth-order valence-corrected chi connectivity index (χ4v) is 2.65. The molecule has 0 aliphatic carbocycles. The number of aryl methyl sites for hydroxylation is 3. The van der Waals surface area contributed by atoms with Gasteiger partial charge in [-0.3, -0.25) is 4.79 Å². The number of hydrogen-bond donors (Lipinski definition) is 2. The molecule has 3 aromatic rings. The lowest BCUT2D eigenvalue weighted by Gasteiger charge is -2.10. The van der Waals surface area contributed by atoms with Crippen LogP contribution in [0.3, 0.4) is 0 Å². The SMILES string of the molecule is Cc1cc(C)cc(NC(=O)c2cc(C)nc(Nc3ccc(F)cc3)n2)c1. The molecule has 132 valence electrons. The standard InChI is InChI=1S/C20H19FN4O/c1-12-8-13(2)10-17(9-12)23-19(26)18-11-14(3)22-20(25-18)24-16-6-4-15(21)5-7-16/h4-11H,1-3H3,(H,23,26)(H,22,24,25). The molecule has 5 nitrogen and oxygen atoms in total. The van der Waals surface area contributed by atoms with Gasteiger partial charge in [0.1, 0.15) is 11.5 Å². The van der Waals surface area contributed by atoms with Crippen molar-refractivity contribution in [2.45, 2.75) is 20.8 Å². The van der Waals surface area contributed by atoms with Crippen LogP contribution in [-0.4, -0.2) is 15.9 Å². The van der Waals surface area contributed by atoms with Crippen molar-refractivity contribution >= 4 is 23.2 Å². The molecule has 0 saturated heterocycles. The van der Waals surface area contributed by atoms with Crippen LogP contribution in [0.1, 0.15) is 27.3 Å². The second-order valence-corrected chi connectivity index (χ2v) is 6.18. The molecule has 0 bridgehead atoms. The fraction of sp³-hybridized carbons (Fsp3) is 0.150. The minimum Gasteiger partial charge on any atom is -0.324 e. The van der Waals surface area contributed by atoms with Gasteiger partial charge in [0.05, 0.1) is 0 Å². The summed E-state index contributed by atoms with van der Waals surface area (Å²) in [5, 5.41) is 5.84. The maximum absolute atomic E-state index is 13.0. The van der Waals surface area contributed by atoms with E-state index in [9.17, 15) is 9.18 Å². The van der Waals surface area contributed by atoms with E-state index < -0.39 is 0 Å². The Morgan fingerprint density at radius 2 is 1.54 bits per heavy atom. The molecule has 1 aromatic heterocycles. The van der Waals surface area contributed by atoms with Gasteiger partial charge in [-0.15, -0.1) is 0 Å². The van der Waals surface area contributed by atoms with E-state index in [2.05, 4.69) is 20.6 Å². The second kappa shape index (κ2) is 7.31. The number of halogens is 1. The minimum atomic E-state index is -0.325. The van der Waals surface area contributed by atoms with E-state index in [1.54, 1.807) is 25.1 Å². The summed E-state index contributed by atoms with van der Waals surface area (Å²) >= 11 is 0. The topological polar surface area (TPSA) is 66.9 Å². The van der Waals surface area contributed by atoms with Crippen molar-refractivity contribution in [1.82, 2.24) is 9.97 Å². The van der Waals surface area contributed by atoms with Crippen molar-refractivity contribution < 1.29 is 9.18 Å². The quantitative estimate of drug-likeness (QED) is 0.725. The van der Waals surface area contributed by atoms with Crippen LogP contribution in [-0.2, 0) is 0 Å².